The number of amides is 1. The van der Waals surface area contributed by atoms with Crippen LogP contribution >= 0.6 is 0 Å². The van der Waals surface area contributed by atoms with Gasteiger partial charge in [0.25, 0.3) is 5.91 Å². The zero-order valence-electron chi connectivity index (χ0n) is 21.0. The van der Waals surface area contributed by atoms with Gasteiger partial charge in [0.2, 0.25) is 0 Å². The van der Waals surface area contributed by atoms with Crippen LogP contribution in [0.25, 0.3) is 0 Å². The molecule has 1 amide bonds. The van der Waals surface area contributed by atoms with Crippen molar-refractivity contribution >= 4 is 22.4 Å². The molecule has 0 fully saturated rings. The number of unbranched alkanes of at least 4 members (excludes halogenated alkanes) is 7. The van der Waals surface area contributed by atoms with Crippen LogP contribution in [0, 0.1) is 11.3 Å². The van der Waals surface area contributed by atoms with Crippen LogP contribution < -0.4 is 5.32 Å². The van der Waals surface area contributed by atoms with Crippen LogP contribution in [-0.4, -0.2) is 38.0 Å². The fourth-order valence-electron chi connectivity index (χ4n) is 3.61. The van der Waals surface area contributed by atoms with Gasteiger partial charge in [-0.15, -0.1) is 0 Å². The lowest BCUT2D eigenvalue weighted by Gasteiger charge is -2.22. The van der Waals surface area contributed by atoms with Gasteiger partial charge in [-0.2, -0.15) is 27.2 Å². The van der Waals surface area contributed by atoms with Gasteiger partial charge in [-0.05, 0) is 44.4 Å². The molecule has 2 N–H and O–H groups in total. The summed E-state index contributed by atoms with van der Waals surface area (Å²) in [6, 6.07) is 4.22. The van der Waals surface area contributed by atoms with E-state index in [0.29, 0.717) is 31.7 Å². The quantitative estimate of drug-likeness (QED) is 0.172. The molecule has 0 saturated heterocycles. The number of nitriles is 1. The molecular formula is C25H34F6N2O3S. The molecule has 5 nitrogen and oxygen atoms in total. The van der Waals surface area contributed by atoms with E-state index in [1.54, 1.807) is 0 Å². The second-order valence-electron chi connectivity index (χ2n) is 9.16. The molecule has 12 heteroatoms. The number of carbonyl (C=O) groups is 1. The van der Waals surface area contributed by atoms with E-state index >= 15 is 0 Å². The predicted octanol–water partition coefficient (Wildman–Crippen LogP) is 6.87. The molecule has 1 aromatic carbocycles. The third kappa shape index (κ3) is 10.6. The molecule has 0 spiro atoms. The van der Waals surface area contributed by atoms with E-state index in [-0.39, 0.29) is 17.9 Å². The number of nitrogens with zero attached hydrogens (tertiary/aromatic N) is 1. The number of alkyl halides is 6. The van der Waals surface area contributed by atoms with E-state index in [4.69, 9.17) is 5.26 Å². The molecule has 0 bridgehead atoms. The van der Waals surface area contributed by atoms with E-state index in [2.05, 4.69) is 5.32 Å². The minimum atomic E-state index is -4.77. The van der Waals surface area contributed by atoms with Gasteiger partial charge in [0.05, 0.1) is 28.0 Å². The Balaban J connectivity index is 2.31. The first-order chi connectivity index (χ1) is 17.2. The largest absolute Gasteiger partial charge is 0.417 e. The lowest BCUT2D eigenvalue weighted by molar-refractivity contribution is -0.138. The topological polar surface area (TPSA) is 90.2 Å². The Morgan fingerprint density at radius 1 is 1.05 bits per heavy atom. The number of benzene rings is 1. The van der Waals surface area contributed by atoms with Gasteiger partial charge in [0.1, 0.15) is 5.60 Å². The Bertz CT molecular complexity index is 947. The van der Waals surface area contributed by atoms with Crippen LogP contribution in [0.5, 0.6) is 0 Å². The molecule has 210 valence electrons. The lowest BCUT2D eigenvalue weighted by Crippen LogP contribution is -2.40. The summed E-state index contributed by atoms with van der Waals surface area (Å²) < 4.78 is 91.1. The van der Waals surface area contributed by atoms with Crippen molar-refractivity contribution in [1.82, 2.24) is 0 Å². The summed E-state index contributed by atoms with van der Waals surface area (Å²) in [6.07, 6.45) is -2.15. The first-order valence-electron chi connectivity index (χ1n) is 12.2. The fourth-order valence-corrected chi connectivity index (χ4v) is 4.80. The van der Waals surface area contributed by atoms with Crippen molar-refractivity contribution in [2.45, 2.75) is 101 Å². The molecule has 0 aliphatic rings. The minimum Gasteiger partial charge on any atom is -0.380 e. The summed E-state index contributed by atoms with van der Waals surface area (Å²) in [5.41, 5.74) is -3.74. The zero-order valence-corrected chi connectivity index (χ0v) is 21.8. The molecule has 0 aliphatic heterocycles. The van der Waals surface area contributed by atoms with Crippen molar-refractivity contribution in [3.05, 3.63) is 29.3 Å². The summed E-state index contributed by atoms with van der Waals surface area (Å²) in [5.74, 6) is -1.10. The molecular weight excluding hydrogens is 522 g/mol. The second kappa shape index (κ2) is 14.7. The SMILES string of the molecule is CC[C@H](F)C(F)(F)S(=O)CCCCCCCCCC[C@](C)(O)C(=O)Nc1ccc(C#N)c(C(F)(F)F)c1. The Morgan fingerprint density at radius 2 is 1.59 bits per heavy atom. The van der Waals surface area contributed by atoms with Crippen LogP contribution in [0.4, 0.5) is 32.0 Å². The standard InChI is InChI=1S/C25H34F6N2O3S/c1-3-21(26)25(30,31)37(36)15-11-9-7-5-4-6-8-10-14-23(2,35)22(34)33-19-13-12-18(17-32)20(16-19)24(27,28)29/h12-13,16,21,35H,3-11,14-15H2,1-2H3,(H,33,34)/t21-,23-,37?/m0/s1. The smallest absolute Gasteiger partial charge is 0.380 e. The average Bonchev–Trinajstić information content (AvgIpc) is 2.83. The van der Waals surface area contributed by atoms with Gasteiger partial charge in [-0.25, -0.2) is 4.39 Å². The Labute approximate surface area is 216 Å². The number of halogens is 6. The van der Waals surface area contributed by atoms with E-state index in [1.165, 1.54) is 19.9 Å². The van der Waals surface area contributed by atoms with Crippen LogP contribution in [0.15, 0.2) is 18.2 Å². The van der Waals surface area contributed by atoms with Crippen LogP contribution in [-0.2, 0) is 21.8 Å². The summed E-state index contributed by atoms with van der Waals surface area (Å²) >= 11 is 0. The summed E-state index contributed by atoms with van der Waals surface area (Å²) in [7, 11) is -2.53. The maximum atomic E-state index is 13.5. The van der Waals surface area contributed by atoms with Crippen molar-refractivity contribution in [2.75, 3.05) is 11.1 Å². The molecule has 3 atom stereocenters. The predicted molar refractivity (Wildman–Crippen MR) is 130 cm³/mol. The zero-order chi connectivity index (χ0) is 28.3. The normalized spacial score (nSPS) is 15.5. The molecule has 0 saturated carbocycles. The Kier molecular flexibility index (Phi) is 13.1. The summed E-state index contributed by atoms with van der Waals surface area (Å²) in [4.78, 5) is 12.4. The number of aliphatic hydroxyl groups is 1. The number of hydrogen-bond donors (Lipinski definition) is 2. The molecule has 0 aromatic heterocycles. The highest BCUT2D eigenvalue weighted by Crippen LogP contribution is 2.34. The number of nitrogens with one attached hydrogen (secondary N) is 1. The van der Waals surface area contributed by atoms with Crippen LogP contribution in [0.1, 0.15) is 89.2 Å². The van der Waals surface area contributed by atoms with Crippen LogP contribution in [0.2, 0.25) is 0 Å². The molecule has 1 rings (SSSR count). The third-order valence-electron chi connectivity index (χ3n) is 5.96. The maximum Gasteiger partial charge on any atom is 0.417 e. The Hall–Kier alpha value is -2.13. The number of hydrogen-bond acceptors (Lipinski definition) is 4. The molecule has 37 heavy (non-hydrogen) atoms. The molecule has 0 aliphatic carbocycles. The number of rotatable bonds is 16. The highest BCUT2D eigenvalue weighted by molar-refractivity contribution is 7.86. The average molecular weight is 557 g/mol. The van der Waals surface area contributed by atoms with Gasteiger partial charge in [0, 0.05) is 11.4 Å². The summed E-state index contributed by atoms with van der Waals surface area (Å²) in [5, 5.41) is 17.7. The molecule has 0 heterocycles. The first-order valence-corrected chi connectivity index (χ1v) is 13.5. The molecule has 1 aromatic rings. The van der Waals surface area contributed by atoms with Crippen molar-refractivity contribution in [3.63, 3.8) is 0 Å². The highest BCUT2D eigenvalue weighted by Gasteiger charge is 2.44. The van der Waals surface area contributed by atoms with Crippen LogP contribution in [0.3, 0.4) is 0 Å². The molecule has 0 radical (unpaired) electrons. The van der Waals surface area contributed by atoms with Gasteiger partial charge in [-0.1, -0.05) is 51.9 Å². The van der Waals surface area contributed by atoms with Crippen molar-refractivity contribution in [3.8, 4) is 6.07 Å². The van der Waals surface area contributed by atoms with Crippen molar-refractivity contribution in [1.29, 1.82) is 5.26 Å². The first kappa shape index (κ1) is 32.9. The Morgan fingerprint density at radius 3 is 2.11 bits per heavy atom. The molecule has 1 unspecified atom stereocenters. The van der Waals surface area contributed by atoms with E-state index in [1.807, 2.05) is 0 Å². The third-order valence-corrected chi connectivity index (χ3v) is 7.48. The van der Waals surface area contributed by atoms with Crippen molar-refractivity contribution < 1.29 is 40.5 Å². The van der Waals surface area contributed by atoms with Gasteiger partial charge < -0.3 is 10.4 Å². The van der Waals surface area contributed by atoms with Gasteiger partial charge >= 0.3 is 11.4 Å². The number of anilines is 1. The summed E-state index contributed by atoms with van der Waals surface area (Å²) in [6.45, 7) is 2.55. The number of carbonyl (C=O) groups excluding carboxylic acids is 1. The van der Waals surface area contributed by atoms with Gasteiger partial charge in [0.15, 0.2) is 6.17 Å². The highest BCUT2D eigenvalue weighted by atomic mass is 32.2. The minimum absolute atomic E-state index is 0.0919. The van der Waals surface area contributed by atoms with Crippen molar-refractivity contribution in [2.24, 2.45) is 0 Å². The lowest BCUT2D eigenvalue weighted by atomic mass is 9.96. The second-order valence-corrected chi connectivity index (χ2v) is 10.8. The van der Waals surface area contributed by atoms with E-state index < -0.39 is 57.5 Å². The fraction of sp³-hybridized carbons (Fsp3) is 0.680. The maximum absolute atomic E-state index is 13.5. The van der Waals surface area contributed by atoms with E-state index in [0.717, 1.165) is 37.8 Å². The van der Waals surface area contributed by atoms with Gasteiger partial charge in [-0.3, -0.25) is 9.00 Å². The monoisotopic (exact) mass is 556 g/mol. The van der Waals surface area contributed by atoms with E-state index in [9.17, 15) is 40.5 Å².